The van der Waals surface area contributed by atoms with Crippen LogP contribution in [0, 0.1) is 5.92 Å². The maximum Gasteiger partial charge on any atom is 0.306 e. The first-order valence-corrected chi connectivity index (χ1v) is 6.76. The summed E-state index contributed by atoms with van der Waals surface area (Å²) in [6.07, 6.45) is 6.02. The molecule has 16 heavy (non-hydrogen) atoms. The lowest BCUT2D eigenvalue weighted by Gasteiger charge is -2.15. The monoisotopic (exact) mass is 248 g/mol. The first-order valence-electron chi connectivity index (χ1n) is 6.13. The SMILES string of the molecule is CCCCCCC[C@H](C[C@H](O)CS)C(=O)O. The first kappa shape index (κ1) is 15.8. The number of carboxylic acids is 1. The number of carboxylic acid groups (broad SMARTS) is 1. The lowest BCUT2D eigenvalue weighted by Crippen LogP contribution is -2.21. The molecular weight excluding hydrogens is 224 g/mol. The number of hydrogen-bond donors (Lipinski definition) is 3. The molecule has 0 aromatic rings. The molecule has 0 fully saturated rings. The van der Waals surface area contributed by atoms with Gasteiger partial charge in [0.25, 0.3) is 0 Å². The predicted molar refractivity (Wildman–Crippen MR) is 69.0 cm³/mol. The molecule has 2 atom stereocenters. The number of aliphatic hydroxyl groups is 1. The van der Waals surface area contributed by atoms with Crippen molar-refractivity contribution in [2.24, 2.45) is 5.92 Å². The molecule has 0 saturated heterocycles. The van der Waals surface area contributed by atoms with E-state index in [1.165, 1.54) is 19.3 Å². The third-order valence-electron chi connectivity index (χ3n) is 2.77. The standard InChI is InChI=1S/C12H24O3S/c1-2-3-4-5-6-7-10(12(14)15)8-11(13)9-16/h10-11,13,16H,2-9H2,1H3,(H,14,15)/t10-,11+/m1/s1. The van der Waals surface area contributed by atoms with E-state index in [1.54, 1.807) is 0 Å². The highest BCUT2D eigenvalue weighted by Crippen LogP contribution is 2.17. The summed E-state index contributed by atoms with van der Waals surface area (Å²) in [5.41, 5.74) is 0. The van der Waals surface area contributed by atoms with Crippen LogP contribution >= 0.6 is 12.6 Å². The first-order chi connectivity index (χ1) is 7.61. The van der Waals surface area contributed by atoms with E-state index in [0.717, 1.165) is 12.8 Å². The van der Waals surface area contributed by atoms with Crippen molar-refractivity contribution in [2.75, 3.05) is 5.75 Å². The minimum atomic E-state index is -0.795. The van der Waals surface area contributed by atoms with E-state index in [-0.39, 0.29) is 0 Å². The lowest BCUT2D eigenvalue weighted by atomic mass is 9.95. The molecule has 0 aliphatic rings. The number of aliphatic carboxylic acids is 1. The van der Waals surface area contributed by atoms with Crippen LogP contribution in [0.2, 0.25) is 0 Å². The summed E-state index contributed by atoms with van der Waals surface area (Å²) in [5, 5.41) is 18.4. The summed E-state index contributed by atoms with van der Waals surface area (Å²) in [7, 11) is 0. The van der Waals surface area contributed by atoms with Crippen LogP contribution in [-0.4, -0.2) is 28.0 Å². The second kappa shape index (κ2) is 9.97. The molecule has 0 saturated carbocycles. The topological polar surface area (TPSA) is 57.5 Å². The van der Waals surface area contributed by atoms with Crippen LogP contribution in [0.15, 0.2) is 0 Å². The normalized spacial score (nSPS) is 14.7. The van der Waals surface area contributed by atoms with Gasteiger partial charge in [-0.2, -0.15) is 12.6 Å². The van der Waals surface area contributed by atoms with E-state index < -0.39 is 18.0 Å². The minimum absolute atomic E-state index is 0.326. The van der Waals surface area contributed by atoms with Gasteiger partial charge in [-0.05, 0) is 12.8 Å². The van der Waals surface area contributed by atoms with Gasteiger partial charge in [0.05, 0.1) is 12.0 Å². The van der Waals surface area contributed by atoms with E-state index in [4.69, 9.17) is 5.11 Å². The Kier molecular flexibility index (Phi) is 9.83. The summed E-state index contributed by atoms with van der Waals surface area (Å²) in [4.78, 5) is 10.9. The molecule has 0 heterocycles. The molecule has 0 spiro atoms. The lowest BCUT2D eigenvalue weighted by molar-refractivity contribution is -0.143. The van der Waals surface area contributed by atoms with Crippen molar-refractivity contribution in [1.82, 2.24) is 0 Å². The van der Waals surface area contributed by atoms with Gasteiger partial charge in [-0.3, -0.25) is 4.79 Å². The Morgan fingerprint density at radius 2 is 1.88 bits per heavy atom. The predicted octanol–water partition coefficient (Wildman–Crippen LogP) is 2.73. The van der Waals surface area contributed by atoms with Crippen LogP contribution in [0.3, 0.4) is 0 Å². The third-order valence-corrected chi connectivity index (χ3v) is 3.19. The summed E-state index contributed by atoms with van der Waals surface area (Å²) in [5.74, 6) is -0.875. The molecule has 0 aliphatic heterocycles. The zero-order chi connectivity index (χ0) is 12.4. The fraction of sp³-hybridized carbons (Fsp3) is 0.917. The van der Waals surface area contributed by atoms with Crippen molar-refractivity contribution in [3.05, 3.63) is 0 Å². The average molecular weight is 248 g/mol. The summed E-state index contributed by atoms with van der Waals surface area (Å²) in [6, 6.07) is 0. The van der Waals surface area contributed by atoms with Crippen molar-refractivity contribution in [3.8, 4) is 0 Å². The molecular formula is C12H24O3S. The summed E-state index contributed by atoms with van der Waals surface area (Å²) >= 11 is 3.95. The third kappa shape index (κ3) is 7.99. The average Bonchev–Trinajstić information content (AvgIpc) is 2.26. The van der Waals surface area contributed by atoms with Gasteiger partial charge in [-0.25, -0.2) is 0 Å². The molecule has 4 heteroatoms. The number of carbonyl (C=O) groups is 1. The zero-order valence-electron chi connectivity index (χ0n) is 10.1. The van der Waals surface area contributed by atoms with Crippen molar-refractivity contribution >= 4 is 18.6 Å². The van der Waals surface area contributed by atoms with E-state index in [1.807, 2.05) is 0 Å². The van der Waals surface area contributed by atoms with Gasteiger partial charge >= 0.3 is 5.97 Å². The van der Waals surface area contributed by atoms with Gasteiger partial charge in [0, 0.05) is 5.75 Å². The Morgan fingerprint density at radius 1 is 1.25 bits per heavy atom. The smallest absolute Gasteiger partial charge is 0.306 e. The van der Waals surface area contributed by atoms with E-state index in [2.05, 4.69) is 19.6 Å². The van der Waals surface area contributed by atoms with Crippen LogP contribution in [0.4, 0.5) is 0 Å². The number of rotatable bonds is 10. The van der Waals surface area contributed by atoms with Crippen LogP contribution in [0.5, 0.6) is 0 Å². The maximum atomic E-state index is 10.9. The quantitative estimate of drug-likeness (QED) is 0.411. The highest BCUT2D eigenvalue weighted by atomic mass is 32.1. The zero-order valence-corrected chi connectivity index (χ0v) is 11.0. The Morgan fingerprint density at radius 3 is 2.38 bits per heavy atom. The van der Waals surface area contributed by atoms with Gasteiger partial charge in [-0.15, -0.1) is 0 Å². The molecule has 0 amide bonds. The molecule has 96 valence electrons. The molecule has 0 rings (SSSR count). The van der Waals surface area contributed by atoms with Crippen molar-refractivity contribution in [2.45, 2.75) is 58.0 Å². The molecule has 2 N–H and O–H groups in total. The summed E-state index contributed by atoms with van der Waals surface area (Å²) < 4.78 is 0. The van der Waals surface area contributed by atoms with E-state index >= 15 is 0 Å². The Labute approximate surface area is 104 Å². The second-order valence-corrected chi connectivity index (χ2v) is 4.68. The van der Waals surface area contributed by atoms with Crippen molar-refractivity contribution in [1.29, 1.82) is 0 Å². The van der Waals surface area contributed by atoms with Crippen molar-refractivity contribution in [3.63, 3.8) is 0 Å². The number of unbranched alkanes of at least 4 members (excludes halogenated alkanes) is 4. The molecule has 0 bridgehead atoms. The van der Waals surface area contributed by atoms with Gasteiger partial charge in [0.2, 0.25) is 0 Å². The molecule has 0 unspecified atom stereocenters. The minimum Gasteiger partial charge on any atom is -0.481 e. The molecule has 3 nitrogen and oxygen atoms in total. The number of thiol groups is 1. The molecule has 0 aromatic heterocycles. The maximum absolute atomic E-state index is 10.9. The van der Waals surface area contributed by atoms with Gasteiger partial charge in [0.1, 0.15) is 0 Å². The molecule has 0 aromatic carbocycles. The summed E-state index contributed by atoms with van der Waals surface area (Å²) in [6.45, 7) is 2.16. The Balaban J connectivity index is 3.73. The number of aliphatic hydroxyl groups excluding tert-OH is 1. The van der Waals surface area contributed by atoms with Crippen LogP contribution in [-0.2, 0) is 4.79 Å². The van der Waals surface area contributed by atoms with Crippen LogP contribution in [0.1, 0.15) is 51.9 Å². The fourth-order valence-electron chi connectivity index (χ4n) is 1.74. The van der Waals surface area contributed by atoms with Crippen LogP contribution in [0.25, 0.3) is 0 Å². The Bertz CT molecular complexity index is 185. The molecule has 0 radical (unpaired) electrons. The largest absolute Gasteiger partial charge is 0.481 e. The second-order valence-electron chi connectivity index (χ2n) is 4.31. The fourth-order valence-corrected chi connectivity index (χ4v) is 1.89. The van der Waals surface area contributed by atoms with E-state index in [9.17, 15) is 9.90 Å². The Hall–Kier alpha value is -0.220. The van der Waals surface area contributed by atoms with E-state index in [0.29, 0.717) is 18.6 Å². The van der Waals surface area contributed by atoms with Crippen molar-refractivity contribution < 1.29 is 15.0 Å². The molecule has 0 aliphatic carbocycles. The van der Waals surface area contributed by atoms with Gasteiger partial charge in [0.15, 0.2) is 0 Å². The van der Waals surface area contributed by atoms with Gasteiger partial charge < -0.3 is 10.2 Å². The van der Waals surface area contributed by atoms with Crippen LogP contribution < -0.4 is 0 Å². The highest BCUT2D eigenvalue weighted by Gasteiger charge is 2.20. The number of hydrogen-bond acceptors (Lipinski definition) is 3. The van der Waals surface area contributed by atoms with Gasteiger partial charge in [-0.1, -0.05) is 39.0 Å². The highest BCUT2D eigenvalue weighted by molar-refractivity contribution is 7.80.